The van der Waals surface area contributed by atoms with Crippen LogP contribution in [0, 0.1) is 0 Å². The van der Waals surface area contributed by atoms with E-state index in [0.717, 1.165) is 40.4 Å². The predicted octanol–water partition coefficient (Wildman–Crippen LogP) is 3.62. The molecule has 23 heavy (non-hydrogen) atoms. The van der Waals surface area contributed by atoms with Crippen molar-refractivity contribution in [3.8, 4) is 17.0 Å². The number of aromatic amines is 1. The number of ether oxygens (including phenoxy) is 1. The first-order valence-corrected chi connectivity index (χ1v) is 8.01. The van der Waals surface area contributed by atoms with Crippen molar-refractivity contribution < 1.29 is 4.74 Å². The smallest absolute Gasteiger partial charge is 0.143 e. The topological polar surface area (TPSA) is 54.0 Å². The quantitative estimate of drug-likeness (QED) is 0.803. The molecule has 1 N–H and O–H groups in total. The van der Waals surface area contributed by atoms with Crippen LogP contribution in [0.3, 0.4) is 0 Å². The summed E-state index contributed by atoms with van der Waals surface area (Å²) in [6, 6.07) is 10.7. The van der Waals surface area contributed by atoms with Crippen molar-refractivity contribution in [2.24, 2.45) is 0 Å². The highest BCUT2D eigenvalue weighted by molar-refractivity contribution is 5.92. The molecule has 4 rings (SSSR count). The van der Waals surface area contributed by atoms with Gasteiger partial charge in [-0.1, -0.05) is 0 Å². The molecule has 1 fully saturated rings. The summed E-state index contributed by atoms with van der Waals surface area (Å²) in [4.78, 5) is 14.7. The van der Waals surface area contributed by atoms with Crippen LogP contribution in [0.15, 0.2) is 36.7 Å². The summed E-state index contributed by atoms with van der Waals surface area (Å²) < 4.78 is 5.22. The Morgan fingerprint density at radius 1 is 1.22 bits per heavy atom. The Morgan fingerprint density at radius 3 is 2.74 bits per heavy atom. The summed E-state index contributed by atoms with van der Waals surface area (Å²) in [5.74, 6) is 1.90. The Balaban J connectivity index is 1.78. The van der Waals surface area contributed by atoms with Crippen LogP contribution < -0.4 is 9.64 Å². The van der Waals surface area contributed by atoms with E-state index in [4.69, 9.17) is 4.74 Å². The molecular formula is C18H20N4O. The lowest BCUT2D eigenvalue weighted by atomic mass is 10.1. The van der Waals surface area contributed by atoms with Crippen LogP contribution in [0.25, 0.3) is 22.3 Å². The maximum absolute atomic E-state index is 5.22. The number of aromatic nitrogens is 3. The molecule has 0 amide bonds. The van der Waals surface area contributed by atoms with Crippen LogP contribution in [0.1, 0.15) is 19.8 Å². The van der Waals surface area contributed by atoms with E-state index in [0.29, 0.717) is 6.04 Å². The van der Waals surface area contributed by atoms with Gasteiger partial charge in [-0.15, -0.1) is 0 Å². The normalized spacial score (nSPS) is 17.8. The van der Waals surface area contributed by atoms with Gasteiger partial charge in [-0.05, 0) is 55.7 Å². The Kier molecular flexibility index (Phi) is 3.41. The van der Waals surface area contributed by atoms with Crippen molar-refractivity contribution in [1.82, 2.24) is 15.0 Å². The van der Waals surface area contributed by atoms with Gasteiger partial charge in [0.25, 0.3) is 0 Å². The van der Waals surface area contributed by atoms with E-state index in [-0.39, 0.29) is 0 Å². The van der Waals surface area contributed by atoms with Gasteiger partial charge in [0.15, 0.2) is 0 Å². The van der Waals surface area contributed by atoms with Crippen LogP contribution in [0.2, 0.25) is 0 Å². The lowest BCUT2D eigenvalue weighted by Gasteiger charge is -2.22. The van der Waals surface area contributed by atoms with E-state index in [1.54, 1.807) is 13.4 Å². The Labute approximate surface area is 135 Å². The number of anilines is 1. The molecule has 1 aliphatic heterocycles. The molecule has 3 heterocycles. The van der Waals surface area contributed by atoms with Crippen LogP contribution >= 0.6 is 0 Å². The van der Waals surface area contributed by atoms with Crippen LogP contribution in [0.4, 0.5) is 5.82 Å². The minimum absolute atomic E-state index is 0.535. The van der Waals surface area contributed by atoms with Gasteiger partial charge in [-0.25, -0.2) is 9.97 Å². The second-order valence-corrected chi connectivity index (χ2v) is 6.06. The zero-order valence-corrected chi connectivity index (χ0v) is 13.4. The van der Waals surface area contributed by atoms with Crippen molar-refractivity contribution in [3.63, 3.8) is 0 Å². The SMILES string of the molecule is COc1ccc(-c2cc3c(N4CCCC4C)ncnc3[nH]2)cc1. The molecular weight excluding hydrogens is 288 g/mol. The first-order valence-electron chi connectivity index (χ1n) is 8.01. The highest BCUT2D eigenvalue weighted by Crippen LogP contribution is 2.32. The molecule has 1 saturated heterocycles. The molecule has 5 nitrogen and oxygen atoms in total. The largest absolute Gasteiger partial charge is 0.497 e. The number of methoxy groups -OCH3 is 1. The molecule has 118 valence electrons. The van der Waals surface area contributed by atoms with Gasteiger partial charge < -0.3 is 14.6 Å². The van der Waals surface area contributed by atoms with Gasteiger partial charge in [-0.2, -0.15) is 0 Å². The number of hydrogen-bond acceptors (Lipinski definition) is 4. The van der Waals surface area contributed by atoms with Crippen molar-refractivity contribution >= 4 is 16.9 Å². The summed E-state index contributed by atoms with van der Waals surface area (Å²) in [5.41, 5.74) is 3.06. The molecule has 2 aromatic heterocycles. The molecule has 3 aromatic rings. The zero-order chi connectivity index (χ0) is 15.8. The van der Waals surface area contributed by atoms with E-state index >= 15 is 0 Å². The monoisotopic (exact) mass is 308 g/mol. The fraction of sp³-hybridized carbons (Fsp3) is 0.333. The number of H-pyrrole nitrogens is 1. The fourth-order valence-electron chi connectivity index (χ4n) is 3.33. The summed E-state index contributed by atoms with van der Waals surface area (Å²) in [5, 5.41) is 1.09. The standard InChI is InChI=1S/C18H20N4O/c1-12-4-3-9-22(12)18-15-10-16(21-17(15)19-11-20-18)13-5-7-14(23-2)8-6-13/h5-8,10-12H,3-4,9H2,1-2H3,(H,19,20,21). The molecule has 5 heteroatoms. The third-order valence-electron chi connectivity index (χ3n) is 4.63. The zero-order valence-electron chi connectivity index (χ0n) is 13.4. The van der Waals surface area contributed by atoms with Crippen molar-refractivity contribution in [1.29, 1.82) is 0 Å². The van der Waals surface area contributed by atoms with Crippen LogP contribution in [-0.2, 0) is 0 Å². The third kappa shape index (κ3) is 2.42. The summed E-state index contributed by atoms with van der Waals surface area (Å²) in [6.45, 7) is 3.33. The first-order chi connectivity index (χ1) is 11.3. The first kappa shape index (κ1) is 14.1. The highest BCUT2D eigenvalue weighted by Gasteiger charge is 2.24. The number of rotatable bonds is 3. The number of nitrogens with zero attached hydrogens (tertiary/aromatic N) is 3. The molecule has 0 spiro atoms. The molecule has 1 unspecified atom stereocenters. The number of hydrogen-bond donors (Lipinski definition) is 1. The molecule has 0 aliphatic carbocycles. The van der Waals surface area contributed by atoms with Gasteiger partial charge in [0.2, 0.25) is 0 Å². The van der Waals surface area contributed by atoms with Gasteiger partial charge in [0.05, 0.1) is 12.5 Å². The lowest BCUT2D eigenvalue weighted by molar-refractivity contribution is 0.415. The maximum atomic E-state index is 5.22. The fourth-order valence-corrected chi connectivity index (χ4v) is 3.33. The highest BCUT2D eigenvalue weighted by atomic mass is 16.5. The summed E-state index contributed by atoms with van der Waals surface area (Å²) >= 11 is 0. The Bertz CT molecular complexity index is 825. The maximum Gasteiger partial charge on any atom is 0.143 e. The van der Waals surface area contributed by atoms with Crippen LogP contribution in [-0.4, -0.2) is 34.6 Å². The van der Waals surface area contributed by atoms with E-state index < -0.39 is 0 Å². The second kappa shape index (κ2) is 5.57. The molecule has 0 radical (unpaired) electrons. The van der Waals surface area contributed by atoms with Gasteiger partial charge >= 0.3 is 0 Å². The predicted molar refractivity (Wildman–Crippen MR) is 91.9 cm³/mol. The molecule has 0 bridgehead atoms. The molecule has 1 aliphatic rings. The van der Waals surface area contributed by atoms with Crippen molar-refractivity contribution in [2.75, 3.05) is 18.6 Å². The average Bonchev–Trinajstić information content (AvgIpc) is 3.20. The molecule has 0 saturated carbocycles. The summed E-state index contributed by atoms with van der Waals surface area (Å²) in [6.07, 6.45) is 4.10. The average molecular weight is 308 g/mol. The number of nitrogens with one attached hydrogen (secondary N) is 1. The van der Waals surface area contributed by atoms with Crippen molar-refractivity contribution in [3.05, 3.63) is 36.7 Å². The summed E-state index contributed by atoms with van der Waals surface area (Å²) in [7, 11) is 1.68. The van der Waals surface area contributed by atoms with E-state index in [9.17, 15) is 0 Å². The number of benzene rings is 1. The van der Waals surface area contributed by atoms with Gasteiger partial charge in [-0.3, -0.25) is 0 Å². The van der Waals surface area contributed by atoms with Gasteiger partial charge in [0.1, 0.15) is 23.5 Å². The Hall–Kier alpha value is -2.56. The lowest BCUT2D eigenvalue weighted by Crippen LogP contribution is -2.27. The molecule has 1 atom stereocenters. The van der Waals surface area contributed by atoms with E-state index in [1.807, 2.05) is 12.1 Å². The minimum atomic E-state index is 0.535. The second-order valence-electron chi connectivity index (χ2n) is 6.06. The molecule has 1 aromatic carbocycles. The third-order valence-corrected chi connectivity index (χ3v) is 4.63. The minimum Gasteiger partial charge on any atom is -0.497 e. The van der Waals surface area contributed by atoms with E-state index in [1.165, 1.54) is 12.8 Å². The van der Waals surface area contributed by atoms with E-state index in [2.05, 4.69) is 45.0 Å². The van der Waals surface area contributed by atoms with Gasteiger partial charge in [0, 0.05) is 18.3 Å². The van der Waals surface area contributed by atoms with Crippen molar-refractivity contribution in [2.45, 2.75) is 25.8 Å². The van der Waals surface area contributed by atoms with Crippen LogP contribution in [0.5, 0.6) is 5.75 Å². The Morgan fingerprint density at radius 2 is 2.04 bits per heavy atom. The number of fused-ring (bicyclic) bond motifs is 1.